The lowest BCUT2D eigenvalue weighted by molar-refractivity contribution is 0.307. The second kappa shape index (κ2) is 8.34. The molecule has 0 bridgehead atoms. The standard InChI is InChI=1S/C16H18BrN5O/c1-12-11-22(16(19)21-12)20-10-13-9-14(17)5-6-15(13)23-8-4-2-3-7-18/h5-6,9-11H,2-4,8H2,1H3,(H2,19,21). The number of imidazole rings is 1. The Morgan fingerprint density at radius 3 is 3.00 bits per heavy atom. The minimum absolute atomic E-state index is 0.340. The van der Waals surface area contributed by atoms with Crippen LogP contribution >= 0.6 is 15.9 Å². The molecule has 7 heteroatoms. The minimum atomic E-state index is 0.340. The van der Waals surface area contributed by atoms with Gasteiger partial charge in [-0.3, -0.25) is 0 Å². The van der Waals surface area contributed by atoms with Crippen molar-refractivity contribution in [3.8, 4) is 11.8 Å². The molecule has 1 aromatic carbocycles. The molecule has 0 unspecified atom stereocenters. The lowest BCUT2D eigenvalue weighted by Gasteiger charge is -2.09. The first-order valence-electron chi connectivity index (χ1n) is 7.25. The second-order valence-electron chi connectivity index (χ2n) is 4.98. The van der Waals surface area contributed by atoms with Crippen molar-refractivity contribution in [1.29, 1.82) is 5.26 Å². The Hall–Kier alpha value is -2.33. The molecular formula is C16H18BrN5O. The molecule has 0 aliphatic rings. The third-order valence-corrected chi connectivity index (χ3v) is 3.56. The number of rotatable bonds is 7. The molecule has 23 heavy (non-hydrogen) atoms. The van der Waals surface area contributed by atoms with E-state index in [4.69, 9.17) is 15.7 Å². The summed E-state index contributed by atoms with van der Waals surface area (Å²) in [5, 5.41) is 12.8. The SMILES string of the molecule is Cc1cn(N=Cc2cc(Br)ccc2OCCCCC#N)c(N)n1. The molecule has 2 N–H and O–H groups in total. The van der Waals surface area contributed by atoms with Crippen molar-refractivity contribution >= 4 is 28.1 Å². The van der Waals surface area contributed by atoms with Crippen LogP contribution in [0.1, 0.15) is 30.5 Å². The maximum Gasteiger partial charge on any atom is 0.221 e. The molecule has 2 rings (SSSR count). The van der Waals surface area contributed by atoms with Crippen LogP contribution in [0.15, 0.2) is 34.0 Å². The van der Waals surface area contributed by atoms with Gasteiger partial charge < -0.3 is 10.5 Å². The van der Waals surface area contributed by atoms with Crippen molar-refractivity contribution in [1.82, 2.24) is 9.66 Å². The lowest BCUT2D eigenvalue weighted by atomic mass is 10.2. The molecule has 1 heterocycles. The number of aryl methyl sites for hydroxylation is 1. The molecule has 0 saturated carbocycles. The average molecular weight is 376 g/mol. The smallest absolute Gasteiger partial charge is 0.221 e. The predicted octanol–water partition coefficient (Wildman–Crippen LogP) is 3.49. The van der Waals surface area contributed by atoms with E-state index in [-0.39, 0.29) is 0 Å². The van der Waals surface area contributed by atoms with Crippen LogP contribution in [0, 0.1) is 18.3 Å². The Balaban J connectivity index is 2.09. The Bertz CT molecular complexity index is 733. The summed E-state index contributed by atoms with van der Waals surface area (Å²) in [6, 6.07) is 7.85. The molecule has 1 aromatic heterocycles. The summed E-state index contributed by atoms with van der Waals surface area (Å²) in [7, 11) is 0. The summed E-state index contributed by atoms with van der Waals surface area (Å²) >= 11 is 3.45. The maximum absolute atomic E-state index is 8.53. The summed E-state index contributed by atoms with van der Waals surface area (Å²) in [6.07, 6.45) is 5.67. The zero-order chi connectivity index (χ0) is 16.7. The summed E-state index contributed by atoms with van der Waals surface area (Å²) < 4.78 is 8.24. The van der Waals surface area contributed by atoms with Crippen molar-refractivity contribution in [2.24, 2.45) is 5.10 Å². The molecule has 0 saturated heterocycles. The summed E-state index contributed by atoms with van der Waals surface area (Å²) in [4.78, 5) is 4.10. The van der Waals surface area contributed by atoms with Gasteiger partial charge in [0.2, 0.25) is 5.95 Å². The number of nitrogen functional groups attached to an aromatic ring is 1. The number of nitrogens with two attached hydrogens (primary N) is 1. The number of ether oxygens (including phenoxy) is 1. The molecule has 6 nitrogen and oxygen atoms in total. The molecule has 0 aliphatic carbocycles. The molecule has 2 aromatic rings. The Morgan fingerprint density at radius 1 is 1.48 bits per heavy atom. The largest absolute Gasteiger partial charge is 0.493 e. The molecule has 0 atom stereocenters. The number of halogens is 1. The van der Waals surface area contributed by atoms with Gasteiger partial charge in [-0.1, -0.05) is 15.9 Å². The van der Waals surface area contributed by atoms with E-state index in [2.05, 4.69) is 32.1 Å². The number of unbranched alkanes of at least 4 members (excludes halogenated alkanes) is 2. The van der Waals surface area contributed by atoms with Crippen LogP contribution in [0.2, 0.25) is 0 Å². The Morgan fingerprint density at radius 2 is 2.30 bits per heavy atom. The number of hydrogen-bond acceptors (Lipinski definition) is 5. The predicted molar refractivity (Wildman–Crippen MR) is 93.5 cm³/mol. The van der Waals surface area contributed by atoms with E-state index < -0.39 is 0 Å². The van der Waals surface area contributed by atoms with Crippen LogP contribution < -0.4 is 10.5 Å². The van der Waals surface area contributed by atoms with Crippen LogP contribution in [0.25, 0.3) is 0 Å². The fourth-order valence-corrected chi connectivity index (χ4v) is 2.34. The highest BCUT2D eigenvalue weighted by molar-refractivity contribution is 9.10. The van der Waals surface area contributed by atoms with Crippen molar-refractivity contribution in [3.63, 3.8) is 0 Å². The van der Waals surface area contributed by atoms with Gasteiger partial charge >= 0.3 is 0 Å². The zero-order valence-electron chi connectivity index (χ0n) is 12.9. The summed E-state index contributed by atoms with van der Waals surface area (Å²) in [6.45, 7) is 2.42. The van der Waals surface area contributed by atoms with E-state index in [0.29, 0.717) is 19.0 Å². The van der Waals surface area contributed by atoms with Crippen LogP contribution in [0.4, 0.5) is 5.95 Å². The fourth-order valence-electron chi connectivity index (χ4n) is 1.96. The van der Waals surface area contributed by atoms with Gasteiger partial charge in [0.05, 0.1) is 30.8 Å². The van der Waals surface area contributed by atoms with Crippen LogP contribution in [0.3, 0.4) is 0 Å². The molecule has 0 radical (unpaired) electrons. The number of anilines is 1. The number of nitrogens with zero attached hydrogens (tertiary/aromatic N) is 4. The number of nitriles is 1. The topological polar surface area (TPSA) is 89.2 Å². The van der Waals surface area contributed by atoms with Crippen LogP contribution in [0.5, 0.6) is 5.75 Å². The number of benzene rings is 1. The Kier molecular flexibility index (Phi) is 6.18. The third kappa shape index (κ3) is 5.11. The highest BCUT2D eigenvalue weighted by atomic mass is 79.9. The van der Waals surface area contributed by atoms with Crippen molar-refractivity contribution in [2.75, 3.05) is 12.3 Å². The highest BCUT2D eigenvalue weighted by Crippen LogP contribution is 2.22. The molecular weight excluding hydrogens is 358 g/mol. The first-order chi connectivity index (χ1) is 11.1. The summed E-state index contributed by atoms with van der Waals surface area (Å²) in [5.41, 5.74) is 7.42. The third-order valence-electron chi connectivity index (χ3n) is 3.07. The van der Waals surface area contributed by atoms with E-state index >= 15 is 0 Å². The first-order valence-corrected chi connectivity index (χ1v) is 8.04. The molecule has 0 spiro atoms. The van der Waals surface area contributed by atoms with Gasteiger partial charge in [-0.05, 0) is 38.0 Å². The zero-order valence-corrected chi connectivity index (χ0v) is 14.5. The van der Waals surface area contributed by atoms with Crippen molar-refractivity contribution < 1.29 is 4.74 Å². The summed E-state index contributed by atoms with van der Waals surface area (Å²) in [5.74, 6) is 1.08. The van der Waals surface area contributed by atoms with Crippen LogP contribution in [-0.4, -0.2) is 22.5 Å². The van der Waals surface area contributed by atoms with E-state index in [1.807, 2.05) is 25.1 Å². The van der Waals surface area contributed by atoms with Gasteiger partial charge in [0.15, 0.2) is 0 Å². The highest BCUT2D eigenvalue weighted by Gasteiger charge is 2.04. The van der Waals surface area contributed by atoms with Gasteiger partial charge in [0.25, 0.3) is 0 Å². The van der Waals surface area contributed by atoms with Gasteiger partial charge in [0, 0.05) is 16.5 Å². The van der Waals surface area contributed by atoms with Crippen LogP contribution in [-0.2, 0) is 0 Å². The van der Waals surface area contributed by atoms with E-state index in [1.165, 1.54) is 4.68 Å². The molecule has 120 valence electrons. The maximum atomic E-state index is 8.53. The monoisotopic (exact) mass is 375 g/mol. The van der Waals surface area contributed by atoms with Gasteiger partial charge in [-0.25, -0.2) is 9.66 Å². The van der Waals surface area contributed by atoms with Crippen molar-refractivity contribution in [3.05, 3.63) is 40.1 Å². The number of aromatic nitrogens is 2. The Labute approximate surface area is 143 Å². The minimum Gasteiger partial charge on any atom is -0.493 e. The van der Waals surface area contributed by atoms with Gasteiger partial charge in [-0.2, -0.15) is 10.4 Å². The van der Waals surface area contributed by atoms with Gasteiger partial charge in [-0.15, -0.1) is 0 Å². The molecule has 0 aliphatic heterocycles. The average Bonchev–Trinajstić information content (AvgIpc) is 2.84. The quantitative estimate of drug-likeness (QED) is 0.592. The fraction of sp³-hybridized carbons (Fsp3) is 0.312. The van der Waals surface area contributed by atoms with Crippen molar-refractivity contribution in [2.45, 2.75) is 26.2 Å². The van der Waals surface area contributed by atoms with E-state index in [1.54, 1.807) is 12.4 Å². The lowest BCUT2D eigenvalue weighted by Crippen LogP contribution is -2.01. The first kappa shape index (κ1) is 17.0. The van der Waals surface area contributed by atoms with Gasteiger partial charge in [0.1, 0.15) is 5.75 Å². The second-order valence-corrected chi connectivity index (χ2v) is 5.89. The number of hydrogen-bond donors (Lipinski definition) is 1. The van der Waals surface area contributed by atoms with E-state index in [9.17, 15) is 0 Å². The van der Waals surface area contributed by atoms with E-state index in [0.717, 1.165) is 34.3 Å². The normalized spacial score (nSPS) is 10.8. The molecule has 0 fully saturated rings. The molecule has 0 amide bonds.